The van der Waals surface area contributed by atoms with Crippen molar-refractivity contribution in [2.24, 2.45) is 0 Å². The largest absolute Gasteiger partial charge is 0.389 e. The Bertz CT molecular complexity index is 521. The van der Waals surface area contributed by atoms with Gasteiger partial charge >= 0.3 is 0 Å². The van der Waals surface area contributed by atoms with Gasteiger partial charge in [-0.1, -0.05) is 17.9 Å². The van der Waals surface area contributed by atoms with Crippen molar-refractivity contribution < 1.29 is 15.0 Å². The maximum Gasteiger partial charge on any atom is 0.253 e. The summed E-state index contributed by atoms with van der Waals surface area (Å²) in [6.07, 6.45) is 0. The molecule has 0 aromatic heterocycles. The molecule has 0 saturated heterocycles. The first-order valence-corrected chi connectivity index (χ1v) is 6.59. The standard InChI is InChI=1S/C16H21NO3/c1-4-17(12-16(2,3)20)15(19)14-9-5-7-13(11-14)8-6-10-18/h5,7,9,11,18,20H,4,10,12H2,1-3H3. The maximum atomic E-state index is 12.4. The van der Waals surface area contributed by atoms with Crippen molar-refractivity contribution >= 4 is 5.91 Å². The van der Waals surface area contributed by atoms with Gasteiger partial charge in [-0.25, -0.2) is 0 Å². The SMILES string of the molecule is CCN(CC(C)(C)O)C(=O)c1cccc(C#CCO)c1. The molecule has 4 nitrogen and oxygen atoms in total. The molecule has 0 aliphatic carbocycles. The molecule has 0 saturated carbocycles. The van der Waals surface area contributed by atoms with Crippen LogP contribution in [-0.4, -0.2) is 46.3 Å². The minimum absolute atomic E-state index is 0.137. The van der Waals surface area contributed by atoms with E-state index in [1.807, 2.05) is 6.92 Å². The van der Waals surface area contributed by atoms with E-state index in [1.54, 1.807) is 43.0 Å². The van der Waals surface area contributed by atoms with E-state index >= 15 is 0 Å². The van der Waals surface area contributed by atoms with E-state index in [2.05, 4.69) is 11.8 Å². The number of aliphatic hydroxyl groups is 2. The smallest absolute Gasteiger partial charge is 0.253 e. The zero-order valence-electron chi connectivity index (χ0n) is 12.2. The van der Waals surface area contributed by atoms with Crippen molar-refractivity contribution in [3.63, 3.8) is 0 Å². The first-order valence-electron chi connectivity index (χ1n) is 6.59. The topological polar surface area (TPSA) is 60.8 Å². The number of carbonyl (C=O) groups excluding carboxylic acids is 1. The Hall–Kier alpha value is -1.83. The van der Waals surface area contributed by atoms with Crippen LogP contribution in [0.15, 0.2) is 24.3 Å². The van der Waals surface area contributed by atoms with Gasteiger partial charge in [-0.2, -0.15) is 0 Å². The lowest BCUT2D eigenvalue weighted by molar-refractivity contribution is 0.0314. The number of benzene rings is 1. The molecule has 0 aliphatic heterocycles. The number of hydrogen-bond donors (Lipinski definition) is 2. The van der Waals surface area contributed by atoms with Crippen LogP contribution in [0.3, 0.4) is 0 Å². The van der Waals surface area contributed by atoms with Gasteiger partial charge in [-0.15, -0.1) is 0 Å². The van der Waals surface area contributed by atoms with Gasteiger partial charge in [0.2, 0.25) is 0 Å². The number of rotatable bonds is 4. The highest BCUT2D eigenvalue weighted by atomic mass is 16.3. The fourth-order valence-corrected chi connectivity index (χ4v) is 1.85. The molecule has 0 aliphatic rings. The highest BCUT2D eigenvalue weighted by Crippen LogP contribution is 2.11. The number of hydrogen-bond acceptors (Lipinski definition) is 3. The summed E-state index contributed by atoms with van der Waals surface area (Å²) in [5, 5.41) is 18.5. The molecule has 0 radical (unpaired) electrons. The third-order valence-electron chi connectivity index (χ3n) is 2.67. The molecule has 0 spiro atoms. The zero-order chi connectivity index (χ0) is 15.2. The molecule has 1 aromatic rings. The normalized spacial score (nSPS) is 10.7. The summed E-state index contributed by atoms with van der Waals surface area (Å²) in [6, 6.07) is 6.95. The van der Waals surface area contributed by atoms with E-state index in [1.165, 1.54) is 0 Å². The van der Waals surface area contributed by atoms with Gasteiger partial charge in [-0.3, -0.25) is 4.79 Å². The Labute approximate surface area is 120 Å². The summed E-state index contributed by atoms with van der Waals surface area (Å²) >= 11 is 0. The van der Waals surface area contributed by atoms with E-state index in [0.717, 1.165) is 0 Å². The molecule has 1 rings (SSSR count). The lowest BCUT2D eigenvalue weighted by Crippen LogP contribution is -2.42. The molecule has 0 bridgehead atoms. The lowest BCUT2D eigenvalue weighted by Gasteiger charge is -2.28. The molecule has 0 atom stereocenters. The van der Waals surface area contributed by atoms with Crippen LogP contribution in [0.4, 0.5) is 0 Å². The van der Waals surface area contributed by atoms with Gasteiger partial charge in [0.1, 0.15) is 6.61 Å². The van der Waals surface area contributed by atoms with Gasteiger partial charge < -0.3 is 15.1 Å². The number of amides is 1. The molecular formula is C16H21NO3. The van der Waals surface area contributed by atoms with Crippen LogP contribution >= 0.6 is 0 Å². The lowest BCUT2D eigenvalue weighted by atomic mass is 10.1. The van der Waals surface area contributed by atoms with Gasteiger partial charge in [0.05, 0.1) is 5.60 Å². The van der Waals surface area contributed by atoms with E-state index in [4.69, 9.17) is 5.11 Å². The summed E-state index contributed by atoms with van der Waals surface area (Å²) in [5.41, 5.74) is 0.282. The summed E-state index contributed by atoms with van der Waals surface area (Å²) in [4.78, 5) is 14.0. The summed E-state index contributed by atoms with van der Waals surface area (Å²) < 4.78 is 0. The second kappa shape index (κ2) is 7.09. The third kappa shape index (κ3) is 5.04. The Morgan fingerprint density at radius 1 is 1.40 bits per heavy atom. The molecule has 2 N–H and O–H groups in total. The molecule has 108 valence electrons. The van der Waals surface area contributed by atoms with E-state index in [0.29, 0.717) is 17.7 Å². The van der Waals surface area contributed by atoms with Gasteiger partial charge in [0.15, 0.2) is 0 Å². The molecule has 20 heavy (non-hydrogen) atoms. The Kier molecular flexibility index (Phi) is 5.75. The first-order chi connectivity index (χ1) is 9.37. The zero-order valence-corrected chi connectivity index (χ0v) is 12.2. The summed E-state index contributed by atoms with van der Waals surface area (Å²) in [7, 11) is 0. The van der Waals surface area contributed by atoms with Crippen molar-refractivity contribution in [1.29, 1.82) is 0 Å². The maximum absolute atomic E-state index is 12.4. The molecule has 1 aromatic carbocycles. The van der Waals surface area contributed by atoms with Crippen molar-refractivity contribution in [2.45, 2.75) is 26.4 Å². The average molecular weight is 275 g/mol. The van der Waals surface area contributed by atoms with Crippen LogP contribution in [0.2, 0.25) is 0 Å². The second-order valence-corrected chi connectivity index (χ2v) is 5.17. The Morgan fingerprint density at radius 3 is 2.65 bits per heavy atom. The van der Waals surface area contributed by atoms with Crippen molar-refractivity contribution in [3.8, 4) is 11.8 Å². The molecule has 1 amide bonds. The predicted octanol–water partition coefficient (Wildman–Crippen LogP) is 1.26. The van der Waals surface area contributed by atoms with Crippen molar-refractivity contribution in [1.82, 2.24) is 4.90 Å². The second-order valence-electron chi connectivity index (χ2n) is 5.17. The molecule has 0 heterocycles. The van der Waals surface area contributed by atoms with Crippen molar-refractivity contribution in [3.05, 3.63) is 35.4 Å². The minimum atomic E-state index is -0.931. The molecule has 0 fully saturated rings. The fraction of sp³-hybridized carbons (Fsp3) is 0.438. The van der Waals surface area contributed by atoms with Crippen LogP contribution in [0.5, 0.6) is 0 Å². The van der Waals surface area contributed by atoms with E-state index in [-0.39, 0.29) is 19.1 Å². The first kappa shape index (κ1) is 16.2. The third-order valence-corrected chi connectivity index (χ3v) is 2.67. The van der Waals surface area contributed by atoms with Gasteiger partial charge in [0, 0.05) is 24.2 Å². The molecule has 4 heteroatoms. The molecular weight excluding hydrogens is 254 g/mol. The number of likely N-dealkylation sites (N-methyl/N-ethyl adjacent to an activating group) is 1. The monoisotopic (exact) mass is 275 g/mol. The van der Waals surface area contributed by atoms with Crippen LogP contribution in [0.1, 0.15) is 36.7 Å². The van der Waals surface area contributed by atoms with Crippen molar-refractivity contribution in [2.75, 3.05) is 19.7 Å². The fourth-order valence-electron chi connectivity index (χ4n) is 1.85. The predicted molar refractivity (Wildman–Crippen MR) is 78.3 cm³/mol. The quantitative estimate of drug-likeness (QED) is 0.813. The van der Waals surface area contributed by atoms with Crippen LogP contribution < -0.4 is 0 Å². The van der Waals surface area contributed by atoms with Crippen LogP contribution in [0.25, 0.3) is 0 Å². The highest BCUT2D eigenvalue weighted by molar-refractivity contribution is 5.94. The number of aliphatic hydroxyl groups excluding tert-OH is 1. The minimum Gasteiger partial charge on any atom is -0.389 e. The highest BCUT2D eigenvalue weighted by Gasteiger charge is 2.22. The Morgan fingerprint density at radius 2 is 2.10 bits per heavy atom. The van der Waals surface area contributed by atoms with Gasteiger partial charge in [0.25, 0.3) is 5.91 Å². The van der Waals surface area contributed by atoms with E-state index in [9.17, 15) is 9.90 Å². The summed E-state index contributed by atoms with van der Waals surface area (Å²) in [6.45, 7) is 5.81. The number of carbonyl (C=O) groups is 1. The van der Waals surface area contributed by atoms with Crippen LogP contribution in [0, 0.1) is 11.8 Å². The Balaban J connectivity index is 2.95. The average Bonchev–Trinajstić information content (AvgIpc) is 2.41. The summed E-state index contributed by atoms with van der Waals surface area (Å²) in [5.74, 6) is 5.19. The van der Waals surface area contributed by atoms with Crippen LogP contribution in [-0.2, 0) is 0 Å². The van der Waals surface area contributed by atoms with E-state index < -0.39 is 5.60 Å². The molecule has 0 unspecified atom stereocenters. The van der Waals surface area contributed by atoms with Gasteiger partial charge in [-0.05, 0) is 39.0 Å². The number of nitrogens with zero attached hydrogens (tertiary/aromatic N) is 1.